The number of carbonyl (C=O) groups is 2. The van der Waals surface area contributed by atoms with Crippen molar-refractivity contribution in [2.45, 2.75) is 26.2 Å². The molecule has 0 saturated carbocycles. The molecule has 0 fully saturated rings. The van der Waals surface area contributed by atoms with Crippen LogP contribution in [0.4, 0.5) is 4.39 Å². The molecular formula is C18H15BrCl2FNO4. The maximum Gasteiger partial charge on any atom is 0.306 e. The average Bonchev–Trinajstić information content (AvgIpc) is 2.59. The first-order valence-electron chi connectivity index (χ1n) is 7.93. The summed E-state index contributed by atoms with van der Waals surface area (Å²) in [4.78, 5) is 27.9. The van der Waals surface area contributed by atoms with E-state index in [-0.39, 0.29) is 51.8 Å². The Morgan fingerprint density at radius 3 is 2.44 bits per heavy atom. The summed E-state index contributed by atoms with van der Waals surface area (Å²) in [5, 5.41) is 10.4. The van der Waals surface area contributed by atoms with Crippen LogP contribution in [0, 0.1) is 5.82 Å². The Labute approximate surface area is 173 Å². The van der Waals surface area contributed by atoms with Crippen LogP contribution in [-0.4, -0.2) is 28.4 Å². The summed E-state index contributed by atoms with van der Waals surface area (Å²) in [7, 11) is 0. The molecule has 0 atom stereocenters. The number of hydrogen-bond donors (Lipinski definition) is 1. The predicted octanol–water partition coefficient (Wildman–Crippen LogP) is 5.11. The summed E-state index contributed by atoms with van der Waals surface area (Å²) in [5.41, 5.74) is 0.641. The first-order chi connectivity index (χ1) is 12.7. The quantitative estimate of drug-likeness (QED) is 0.441. The van der Waals surface area contributed by atoms with Crippen molar-refractivity contribution >= 4 is 50.9 Å². The fourth-order valence-corrected chi connectivity index (χ4v) is 3.38. The number of carbonyl (C=O) groups excluding carboxylic acids is 2. The molecule has 0 radical (unpaired) electrons. The van der Waals surface area contributed by atoms with Crippen molar-refractivity contribution in [2.24, 2.45) is 0 Å². The third-order valence-corrected chi connectivity index (χ3v) is 4.87. The molecule has 1 heterocycles. The van der Waals surface area contributed by atoms with Gasteiger partial charge in [-0.2, -0.15) is 0 Å². The Morgan fingerprint density at radius 2 is 1.85 bits per heavy atom. The molecule has 0 bridgehead atoms. The summed E-state index contributed by atoms with van der Waals surface area (Å²) in [6.45, 7) is 1.89. The van der Waals surface area contributed by atoms with Crippen molar-refractivity contribution in [3.63, 3.8) is 0 Å². The van der Waals surface area contributed by atoms with Gasteiger partial charge < -0.3 is 9.84 Å². The van der Waals surface area contributed by atoms with Crippen molar-refractivity contribution < 1.29 is 23.8 Å². The van der Waals surface area contributed by atoms with Gasteiger partial charge in [0, 0.05) is 28.6 Å². The van der Waals surface area contributed by atoms with Crippen LogP contribution in [0.3, 0.4) is 0 Å². The largest absolute Gasteiger partial charge is 0.504 e. The Morgan fingerprint density at radius 1 is 1.22 bits per heavy atom. The number of esters is 1. The van der Waals surface area contributed by atoms with Gasteiger partial charge in [-0.05, 0) is 46.6 Å². The molecule has 0 amide bonds. The minimum atomic E-state index is -0.566. The normalized spacial score (nSPS) is 10.7. The summed E-state index contributed by atoms with van der Waals surface area (Å²) in [6.07, 6.45) is -0.159. The van der Waals surface area contributed by atoms with Crippen LogP contribution < -0.4 is 0 Å². The topological polar surface area (TPSA) is 76.5 Å². The maximum absolute atomic E-state index is 13.3. The standard InChI is InChI=1S/C18H15BrCl2FNO4/c1-2-27-16(25)4-3-15(24)17-18(26)12(19)8-10(23-17)7-11-13(20)5-9(22)6-14(11)21/h5-6,8,26H,2-4,7H2,1H3. The minimum absolute atomic E-state index is 0.120. The van der Waals surface area contributed by atoms with Crippen molar-refractivity contribution in [1.29, 1.82) is 0 Å². The average molecular weight is 479 g/mol. The lowest BCUT2D eigenvalue weighted by molar-refractivity contribution is -0.143. The fraction of sp³-hybridized carbons (Fsp3) is 0.278. The lowest BCUT2D eigenvalue weighted by Gasteiger charge is -2.11. The van der Waals surface area contributed by atoms with Crippen LogP contribution in [0.2, 0.25) is 10.0 Å². The summed E-state index contributed by atoms with van der Waals surface area (Å²) >= 11 is 15.3. The number of ketones is 1. The van der Waals surface area contributed by atoms with Crippen LogP contribution in [-0.2, 0) is 16.0 Å². The van der Waals surface area contributed by atoms with Crippen LogP contribution in [0.25, 0.3) is 0 Å². The van der Waals surface area contributed by atoms with Crippen molar-refractivity contribution in [2.75, 3.05) is 6.61 Å². The number of rotatable bonds is 7. The molecule has 5 nitrogen and oxygen atoms in total. The van der Waals surface area contributed by atoms with E-state index in [1.807, 2.05) is 0 Å². The molecule has 0 aliphatic heterocycles. The molecule has 2 rings (SSSR count). The molecule has 1 aromatic heterocycles. The van der Waals surface area contributed by atoms with Crippen LogP contribution in [0.1, 0.15) is 41.5 Å². The molecule has 144 valence electrons. The number of aromatic hydroxyl groups is 1. The molecular weight excluding hydrogens is 464 g/mol. The highest BCUT2D eigenvalue weighted by Gasteiger charge is 2.20. The van der Waals surface area contributed by atoms with Gasteiger partial charge >= 0.3 is 5.97 Å². The number of hydrogen-bond acceptors (Lipinski definition) is 5. The molecule has 27 heavy (non-hydrogen) atoms. The number of ether oxygens (including phenoxy) is 1. The molecule has 9 heteroatoms. The van der Waals surface area contributed by atoms with E-state index in [1.165, 1.54) is 6.07 Å². The second-order valence-electron chi connectivity index (χ2n) is 5.55. The molecule has 0 aliphatic carbocycles. The highest BCUT2D eigenvalue weighted by molar-refractivity contribution is 9.10. The van der Waals surface area contributed by atoms with Gasteiger partial charge in [-0.3, -0.25) is 9.59 Å². The van der Waals surface area contributed by atoms with E-state index in [1.54, 1.807) is 6.92 Å². The van der Waals surface area contributed by atoms with E-state index >= 15 is 0 Å². The zero-order valence-electron chi connectivity index (χ0n) is 14.2. The minimum Gasteiger partial charge on any atom is -0.504 e. The van der Waals surface area contributed by atoms with Gasteiger partial charge in [0.1, 0.15) is 11.5 Å². The van der Waals surface area contributed by atoms with Gasteiger partial charge in [-0.1, -0.05) is 23.2 Å². The van der Waals surface area contributed by atoms with E-state index in [4.69, 9.17) is 27.9 Å². The van der Waals surface area contributed by atoms with Gasteiger partial charge in [0.25, 0.3) is 0 Å². The van der Waals surface area contributed by atoms with Crippen molar-refractivity contribution in [3.05, 3.63) is 55.5 Å². The Hall–Kier alpha value is -1.70. The van der Waals surface area contributed by atoms with Gasteiger partial charge in [0.05, 0.1) is 17.5 Å². The molecule has 0 saturated heterocycles. The summed E-state index contributed by atoms with van der Waals surface area (Å²) in [5.74, 6) is -1.92. The van der Waals surface area contributed by atoms with Crippen LogP contribution >= 0.6 is 39.1 Å². The Kier molecular flexibility index (Phi) is 7.59. The lowest BCUT2D eigenvalue weighted by Crippen LogP contribution is -2.10. The molecule has 1 aromatic carbocycles. The van der Waals surface area contributed by atoms with Crippen molar-refractivity contribution in [1.82, 2.24) is 4.98 Å². The second kappa shape index (κ2) is 9.48. The van der Waals surface area contributed by atoms with Gasteiger partial charge in [-0.25, -0.2) is 9.37 Å². The number of halogens is 4. The fourth-order valence-electron chi connectivity index (χ4n) is 2.33. The van der Waals surface area contributed by atoms with Crippen molar-refractivity contribution in [3.8, 4) is 5.75 Å². The first kappa shape index (κ1) is 21.6. The van der Waals surface area contributed by atoms with Crippen LogP contribution in [0.5, 0.6) is 5.75 Å². The third-order valence-electron chi connectivity index (χ3n) is 3.59. The van der Waals surface area contributed by atoms with E-state index in [9.17, 15) is 19.1 Å². The SMILES string of the molecule is CCOC(=O)CCC(=O)c1nc(Cc2c(Cl)cc(F)cc2Cl)cc(Br)c1O. The van der Waals surface area contributed by atoms with E-state index in [0.29, 0.717) is 11.3 Å². The zero-order chi connectivity index (χ0) is 20.1. The van der Waals surface area contributed by atoms with Gasteiger partial charge in [-0.15, -0.1) is 0 Å². The molecule has 1 N–H and O–H groups in total. The number of Topliss-reactive ketones (excluding diaryl/α,β-unsaturated/α-hetero) is 1. The highest BCUT2D eigenvalue weighted by atomic mass is 79.9. The van der Waals surface area contributed by atoms with E-state index < -0.39 is 17.6 Å². The van der Waals surface area contributed by atoms with E-state index in [0.717, 1.165) is 12.1 Å². The number of benzene rings is 1. The number of pyridine rings is 1. The summed E-state index contributed by atoms with van der Waals surface area (Å²) in [6, 6.07) is 3.76. The lowest BCUT2D eigenvalue weighted by atomic mass is 10.1. The van der Waals surface area contributed by atoms with E-state index in [2.05, 4.69) is 20.9 Å². The predicted molar refractivity (Wildman–Crippen MR) is 103 cm³/mol. The van der Waals surface area contributed by atoms with Gasteiger partial charge in [0.2, 0.25) is 0 Å². The highest BCUT2D eigenvalue weighted by Crippen LogP contribution is 2.32. The zero-order valence-corrected chi connectivity index (χ0v) is 17.3. The monoisotopic (exact) mass is 477 g/mol. The smallest absolute Gasteiger partial charge is 0.306 e. The second-order valence-corrected chi connectivity index (χ2v) is 7.21. The molecule has 0 unspecified atom stereocenters. The Bertz CT molecular complexity index is 869. The first-order valence-corrected chi connectivity index (χ1v) is 9.48. The molecule has 0 aliphatic rings. The molecule has 0 spiro atoms. The maximum atomic E-state index is 13.3. The van der Waals surface area contributed by atoms with Gasteiger partial charge in [0.15, 0.2) is 11.5 Å². The summed E-state index contributed by atoms with van der Waals surface area (Å²) < 4.78 is 18.4. The molecule has 2 aromatic rings. The third kappa shape index (κ3) is 5.64. The Balaban J connectivity index is 2.28. The number of aromatic nitrogens is 1. The van der Waals surface area contributed by atoms with Crippen LogP contribution in [0.15, 0.2) is 22.7 Å². The number of nitrogens with zero attached hydrogens (tertiary/aromatic N) is 1.